The number of carbonyl (C=O) groups excluding carboxylic acids is 1. The van der Waals surface area contributed by atoms with E-state index >= 15 is 0 Å². The fraction of sp³-hybridized carbons (Fsp3) is 0.500. The quantitative estimate of drug-likeness (QED) is 0.640. The van der Waals surface area contributed by atoms with Gasteiger partial charge in [0, 0.05) is 38.3 Å². The zero-order valence-electron chi connectivity index (χ0n) is 13.9. The predicted octanol–water partition coefficient (Wildman–Crippen LogP) is 1.11. The summed E-state index contributed by atoms with van der Waals surface area (Å²) >= 11 is 0. The average Bonchev–Trinajstić information content (AvgIpc) is 2.54. The highest BCUT2D eigenvalue weighted by Gasteiger charge is 2.25. The minimum Gasteiger partial charge on any atom is -0.363 e. The Labute approximate surface area is 140 Å². The Balaban J connectivity index is 2.01. The molecule has 1 aromatic rings. The van der Waals surface area contributed by atoms with Crippen molar-refractivity contribution in [2.75, 3.05) is 37.6 Å². The first kappa shape index (κ1) is 17.7. The molecule has 1 heterocycles. The molecule has 8 heteroatoms. The molecule has 1 aromatic carbocycles. The zero-order valence-corrected chi connectivity index (χ0v) is 13.9. The summed E-state index contributed by atoms with van der Waals surface area (Å²) in [5.41, 5.74) is 0.736. The second-order valence-electron chi connectivity index (χ2n) is 6.06. The van der Waals surface area contributed by atoms with Gasteiger partial charge in [0.2, 0.25) is 5.91 Å². The summed E-state index contributed by atoms with van der Waals surface area (Å²) in [6.45, 7) is 6.68. The van der Waals surface area contributed by atoms with E-state index in [1.165, 1.54) is 6.07 Å². The first-order chi connectivity index (χ1) is 11.4. The number of piperazine rings is 1. The van der Waals surface area contributed by atoms with Crippen molar-refractivity contribution in [3.63, 3.8) is 0 Å². The van der Waals surface area contributed by atoms with Crippen LogP contribution in [0.15, 0.2) is 18.2 Å². The smallest absolute Gasteiger partial charge is 0.293 e. The van der Waals surface area contributed by atoms with Gasteiger partial charge in [0.1, 0.15) is 5.69 Å². The van der Waals surface area contributed by atoms with Crippen LogP contribution in [-0.4, -0.2) is 54.5 Å². The maximum Gasteiger partial charge on any atom is 0.293 e. The third kappa shape index (κ3) is 4.43. The number of nitrogens with one attached hydrogen (secondary N) is 1. The summed E-state index contributed by atoms with van der Waals surface area (Å²) < 4.78 is 0. The van der Waals surface area contributed by atoms with Gasteiger partial charge in [0.05, 0.1) is 23.1 Å². The van der Waals surface area contributed by atoms with Crippen molar-refractivity contribution in [1.29, 1.82) is 5.26 Å². The minimum atomic E-state index is -0.460. The summed E-state index contributed by atoms with van der Waals surface area (Å²) in [7, 11) is 0. The minimum absolute atomic E-state index is 0.0113. The molecule has 1 fully saturated rings. The lowest BCUT2D eigenvalue weighted by atomic mass is 10.1. The second kappa shape index (κ2) is 7.75. The Morgan fingerprint density at radius 3 is 2.58 bits per heavy atom. The van der Waals surface area contributed by atoms with E-state index in [0.29, 0.717) is 38.4 Å². The molecule has 2 rings (SSSR count). The molecule has 1 N–H and O–H groups in total. The van der Waals surface area contributed by atoms with Gasteiger partial charge in [-0.25, -0.2) is 0 Å². The van der Waals surface area contributed by atoms with Crippen LogP contribution < -0.4 is 10.2 Å². The van der Waals surface area contributed by atoms with Gasteiger partial charge in [-0.2, -0.15) is 5.26 Å². The summed E-state index contributed by atoms with van der Waals surface area (Å²) in [5, 5.41) is 23.0. The molecule has 8 nitrogen and oxygen atoms in total. The number of nitriles is 1. The monoisotopic (exact) mass is 331 g/mol. The Bertz CT molecular complexity index is 660. The molecule has 0 spiro atoms. The van der Waals surface area contributed by atoms with Crippen molar-refractivity contribution >= 4 is 17.3 Å². The molecule has 1 amide bonds. The van der Waals surface area contributed by atoms with E-state index in [9.17, 15) is 14.9 Å². The average molecular weight is 331 g/mol. The lowest BCUT2D eigenvalue weighted by molar-refractivity contribution is -0.384. The molecule has 1 saturated heterocycles. The molecule has 1 aliphatic rings. The van der Waals surface area contributed by atoms with E-state index in [-0.39, 0.29) is 23.2 Å². The maximum atomic E-state index is 11.8. The van der Waals surface area contributed by atoms with E-state index in [2.05, 4.69) is 5.32 Å². The van der Waals surface area contributed by atoms with Gasteiger partial charge in [-0.05, 0) is 26.0 Å². The second-order valence-corrected chi connectivity index (χ2v) is 6.06. The molecular weight excluding hydrogens is 310 g/mol. The Kier molecular flexibility index (Phi) is 5.71. The molecule has 0 aliphatic carbocycles. The first-order valence-electron chi connectivity index (χ1n) is 7.86. The number of benzene rings is 1. The van der Waals surface area contributed by atoms with Gasteiger partial charge in [-0.15, -0.1) is 0 Å². The first-order valence-corrected chi connectivity index (χ1v) is 7.86. The fourth-order valence-corrected chi connectivity index (χ4v) is 2.72. The number of rotatable bonds is 5. The number of hydrogen-bond acceptors (Lipinski definition) is 6. The van der Waals surface area contributed by atoms with Gasteiger partial charge in [0.15, 0.2) is 0 Å². The van der Waals surface area contributed by atoms with Crippen LogP contribution in [0.4, 0.5) is 11.4 Å². The molecule has 0 bridgehead atoms. The highest BCUT2D eigenvalue weighted by atomic mass is 16.6. The van der Waals surface area contributed by atoms with Crippen molar-refractivity contribution in [3.05, 3.63) is 33.9 Å². The van der Waals surface area contributed by atoms with E-state index in [4.69, 9.17) is 5.26 Å². The Hall–Kier alpha value is -2.66. The molecule has 0 radical (unpaired) electrons. The van der Waals surface area contributed by atoms with Crippen LogP contribution in [0.3, 0.4) is 0 Å². The van der Waals surface area contributed by atoms with Crippen LogP contribution in [0.5, 0.6) is 0 Å². The van der Waals surface area contributed by atoms with E-state index < -0.39 is 4.92 Å². The number of nitro groups is 1. The van der Waals surface area contributed by atoms with Crippen LogP contribution in [-0.2, 0) is 4.79 Å². The molecule has 0 aromatic heterocycles. The fourth-order valence-electron chi connectivity index (χ4n) is 2.72. The van der Waals surface area contributed by atoms with Crippen molar-refractivity contribution in [2.24, 2.45) is 0 Å². The van der Waals surface area contributed by atoms with Gasteiger partial charge in [-0.1, -0.05) is 0 Å². The third-order valence-corrected chi connectivity index (χ3v) is 3.83. The van der Waals surface area contributed by atoms with Gasteiger partial charge in [-0.3, -0.25) is 19.8 Å². The summed E-state index contributed by atoms with van der Waals surface area (Å²) in [5.74, 6) is -0.0113. The lowest BCUT2D eigenvalue weighted by Crippen LogP contribution is -2.50. The van der Waals surface area contributed by atoms with E-state index in [0.717, 1.165) is 0 Å². The van der Waals surface area contributed by atoms with Crippen molar-refractivity contribution in [3.8, 4) is 6.07 Å². The number of nitrogens with zero attached hydrogens (tertiary/aromatic N) is 4. The number of amides is 1. The predicted molar refractivity (Wildman–Crippen MR) is 89.7 cm³/mol. The number of anilines is 1. The summed E-state index contributed by atoms with van der Waals surface area (Å²) in [6, 6.07) is 6.55. The number of nitro benzene ring substituents is 1. The Morgan fingerprint density at radius 2 is 2.04 bits per heavy atom. The topological polar surface area (TPSA) is 103 Å². The highest BCUT2D eigenvalue weighted by molar-refractivity contribution is 5.78. The molecule has 24 heavy (non-hydrogen) atoms. The summed E-state index contributed by atoms with van der Waals surface area (Å²) in [4.78, 5) is 26.6. The number of hydrogen-bond donors (Lipinski definition) is 1. The van der Waals surface area contributed by atoms with Crippen molar-refractivity contribution in [1.82, 2.24) is 10.2 Å². The van der Waals surface area contributed by atoms with Crippen LogP contribution in [0, 0.1) is 21.4 Å². The van der Waals surface area contributed by atoms with Gasteiger partial charge >= 0.3 is 0 Å². The number of carbonyl (C=O) groups is 1. The van der Waals surface area contributed by atoms with Gasteiger partial charge in [0.25, 0.3) is 5.69 Å². The highest BCUT2D eigenvalue weighted by Crippen LogP contribution is 2.29. The summed E-state index contributed by atoms with van der Waals surface area (Å²) in [6.07, 6.45) is 0. The SMILES string of the molecule is CC(C)NC(=O)CN1CCN(c2ccc(C#N)cc2[N+](=O)[O-])CC1. The zero-order chi connectivity index (χ0) is 17.7. The normalized spacial score (nSPS) is 15.2. The van der Waals surface area contributed by atoms with Crippen molar-refractivity contribution in [2.45, 2.75) is 19.9 Å². The third-order valence-electron chi connectivity index (χ3n) is 3.83. The van der Waals surface area contributed by atoms with E-state index in [1.807, 2.05) is 29.7 Å². The molecule has 1 aliphatic heterocycles. The molecule has 128 valence electrons. The standard InChI is InChI=1S/C16H21N5O3/c1-12(2)18-16(22)11-19-5-7-20(8-6-19)14-4-3-13(10-17)9-15(14)21(23)24/h3-4,9,12H,5-8,11H2,1-2H3,(H,18,22). The van der Waals surface area contributed by atoms with Crippen LogP contribution >= 0.6 is 0 Å². The van der Waals surface area contributed by atoms with Crippen LogP contribution in [0.25, 0.3) is 0 Å². The van der Waals surface area contributed by atoms with E-state index in [1.54, 1.807) is 12.1 Å². The molecule has 0 saturated carbocycles. The Morgan fingerprint density at radius 1 is 1.38 bits per heavy atom. The van der Waals surface area contributed by atoms with Crippen molar-refractivity contribution < 1.29 is 9.72 Å². The molecular formula is C16H21N5O3. The molecule has 0 unspecified atom stereocenters. The van der Waals surface area contributed by atoms with Gasteiger partial charge < -0.3 is 10.2 Å². The largest absolute Gasteiger partial charge is 0.363 e. The molecule has 0 atom stereocenters. The maximum absolute atomic E-state index is 11.8. The lowest BCUT2D eigenvalue weighted by Gasteiger charge is -2.35. The van der Waals surface area contributed by atoms with Crippen LogP contribution in [0.1, 0.15) is 19.4 Å². The van der Waals surface area contributed by atoms with Crippen LogP contribution in [0.2, 0.25) is 0 Å².